The molecule has 2 fully saturated rings. The molecule has 1 aliphatic heterocycles. The van der Waals surface area contributed by atoms with Gasteiger partial charge in [-0.1, -0.05) is 12.8 Å². The molecule has 2 aliphatic rings. The van der Waals surface area contributed by atoms with Crippen molar-refractivity contribution in [1.82, 2.24) is 10.2 Å². The number of carbonyl (C=O) groups excluding carboxylic acids is 1. The number of carbonyl (C=O) groups is 1. The van der Waals surface area contributed by atoms with Gasteiger partial charge in [-0.2, -0.15) is 0 Å². The Balaban J connectivity index is 2.03. The number of amides is 1. The molecular weight excluding hydrogens is 192 g/mol. The van der Waals surface area contributed by atoms with Gasteiger partial charge in [0.25, 0.3) is 0 Å². The fraction of sp³-hybridized carbons (Fsp3) is 0.909. The van der Waals surface area contributed by atoms with Gasteiger partial charge in [0.2, 0.25) is 5.91 Å². The molecular formula is C11H20N2O2. The van der Waals surface area contributed by atoms with Gasteiger partial charge >= 0.3 is 0 Å². The van der Waals surface area contributed by atoms with Crippen LogP contribution in [0.15, 0.2) is 0 Å². The maximum absolute atomic E-state index is 12.3. The van der Waals surface area contributed by atoms with Gasteiger partial charge in [-0.3, -0.25) is 10.1 Å². The quantitative estimate of drug-likeness (QED) is 0.749. The first kappa shape index (κ1) is 10.9. The molecule has 1 N–H and O–H groups in total. The molecule has 0 aromatic heterocycles. The van der Waals surface area contributed by atoms with E-state index in [0.29, 0.717) is 13.3 Å². The lowest BCUT2D eigenvalue weighted by molar-refractivity contribution is -0.134. The molecule has 0 aromatic rings. The number of hydrogen-bond donors (Lipinski definition) is 1. The summed E-state index contributed by atoms with van der Waals surface area (Å²) in [6, 6.07) is 0.176. The Kier molecular flexibility index (Phi) is 2.98. The number of rotatable bonds is 3. The predicted octanol–water partition coefficient (Wildman–Crippen LogP) is 0.723. The first-order valence-electron chi connectivity index (χ1n) is 5.75. The maximum atomic E-state index is 12.3. The molecule has 1 amide bonds. The average Bonchev–Trinajstić information content (AvgIpc) is 2.79. The normalized spacial score (nSPS) is 26.5. The summed E-state index contributed by atoms with van der Waals surface area (Å²) in [5.41, 5.74) is -0.220. The van der Waals surface area contributed by atoms with Crippen LogP contribution >= 0.6 is 0 Å². The minimum absolute atomic E-state index is 0.176. The lowest BCUT2D eigenvalue weighted by atomic mass is 9.98. The van der Waals surface area contributed by atoms with Crippen molar-refractivity contribution >= 4 is 5.91 Å². The zero-order valence-corrected chi connectivity index (χ0v) is 9.58. The first-order valence-corrected chi connectivity index (χ1v) is 5.75. The van der Waals surface area contributed by atoms with Crippen LogP contribution in [0.4, 0.5) is 0 Å². The number of nitrogens with one attached hydrogen (secondary N) is 1. The average molecular weight is 212 g/mol. The molecule has 4 nitrogen and oxygen atoms in total. The molecule has 1 aliphatic carbocycles. The molecule has 1 atom stereocenters. The Bertz CT molecular complexity index is 249. The molecule has 1 saturated carbocycles. The van der Waals surface area contributed by atoms with E-state index in [4.69, 9.17) is 4.74 Å². The van der Waals surface area contributed by atoms with Crippen LogP contribution in [0.3, 0.4) is 0 Å². The van der Waals surface area contributed by atoms with Crippen LogP contribution in [0, 0.1) is 0 Å². The van der Waals surface area contributed by atoms with Gasteiger partial charge in [-0.25, -0.2) is 0 Å². The monoisotopic (exact) mass is 212 g/mol. The Hall–Kier alpha value is -0.610. The molecule has 1 saturated heterocycles. The molecule has 1 spiro atoms. The molecule has 2 rings (SSSR count). The Morgan fingerprint density at radius 1 is 1.53 bits per heavy atom. The molecule has 1 unspecified atom stereocenters. The molecule has 86 valence electrons. The predicted molar refractivity (Wildman–Crippen MR) is 57.4 cm³/mol. The number of methoxy groups -OCH3 is 1. The van der Waals surface area contributed by atoms with E-state index in [-0.39, 0.29) is 17.5 Å². The summed E-state index contributed by atoms with van der Waals surface area (Å²) in [5.74, 6) is 0.282. The van der Waals surface area contributed by atoms with E-state index >= 15 is 0 Å². The van der Waals surface area contributed by atoms with Crippen molar-refractivity contribution in [2.75, 3.05) is 20.4 Å². The van der Waals surface area contributed by atoms with Crippen LogP contribution in [0.25, 0.3) is 0 Å². The fourth-order valence-electron chi connectivity index (χ4n) is 2.72. The summed E-state index contributed by atoms with van der Waals surface area (Å²) in [6.45, 7) is 3.34. The summed E-state index contributed by atoms with van der Waals surface area (Å²) in [7, 11) is 1.68. The third-order valence-electron chi connectivity index (χ3n) is 3.66. The lowest BCUT2D eigenvalue weighted by Crippen LogP contribution is -2.45. The third kappa shape index (κ3) is 1.76. The van der Waals surface area contributed by atoms with Crippen molar-refractivity contribution in [3.05, 3.63) is 0 Å². The van der Waals surface area contributed by atoms with Gasteiger partial charge in [0.15, 0.2) is 0 Å². The van der Waals surface area contributed by atoms with Gasteiger partial charge in [-0.15, -0.1) is 0 Å². The largest absolute Gasteiger partial charge is 0.383 e. The highest BCUT2D eigenvalue weighted by Gasteiger charge is 2.48. The van der Waals surface area contributed by atoms with Crippen LogP contribution in [0.5, 0.6) is 0 Å². The SMILES string of the molecule is COCC(C)N1CNC2(CCCC2)C1=O. The summed E-state index contributed by atoms with van der Waals surface area (Å²) in [4.78, 5) is 14.2. The van der Waals surface area contributed by atoms with E-state index in [1.165, 1.54) is 12.8 Å². The maximum Gasteiger partial charge on any atom is 0.244 e. The van der Waals surface area contributed by atoms with Gasteiger partial charge in [0.05, 0.1) is 24.9 Å². The molecule has 0 bridgehead atoms. The second-order valence-electron chi connectivity index (χ2n) is 4.70. The van der Waals surface area contributed by atoms with E-state index in [1.807, 2.05) is 11.8 Å². The highest BCUT2D eigenvalue weighted by atomic mass is 16.5. The van der Waals surface area contributed by atoms with Crippen molar-refractivity contribution in [3.8, 4) is 0 Å². The number of ether oxygens (including phenoxy) is 1. The highest BCUT2D eigenvalue weighted by molar-refractivity contribution is 5.88. The summed E-state index contributed by atoms with van der Waals surface area (Å²) >= 11 is 0. The second kappa shape index (κ2) is 4.10. The van der Waals surface area contributed by atoms with Gasteiger partial charge in [0.1, 0.15) is 0 Å². The van der Waals surface area contributed by atoms with Gasteiger partial charge in [-0.05, 0) is 19.8 Å². The standard InChI is InChI=1S/C11H20N2O2/c1-9(7-15-2)13-8-12-11(10(13)14)5-3-4-6-11/h9,12H,3-8H2,1-2H3. The summed E-state index contributed by atoms with van der Waals surface area (Å²) < 4.78 is 5.09. The molecule has 4 heteroatoms. The van der Waals surface area contributed by atoms with Crippen LogP contribution in [0.2, 0.25) is 0 Å². The van der Waals surface area contributed by atoms with Crippen molar-refractivity contribution in [2.45, 2.75) is 44.2 Å². The van der Waals surface area contributed by atoms with E-state index in [2.05, 4.69) is 5.32 Å². The summed E-state index contributed by atoms with van der Waals surface area (Å²) in [6.07, 6.45) is 4.35. The Morgan fingerprint density at radius 3 is 2.80 bits per heavy atom. The van der Waals surface area contributed by atoms with Crippen molar-refractivity contribution < 1.29 is 9.53 Å². The van der Waals surface area contributed by atoms with Crippen LogP contribution in [-0.2, 0) is 9.53 Å². The van der Waals surface area contributed by atoms with Crippen LogP contribution in [0.1, 0.15) is 32.6 Å². The highest BCUT2D eigenvalue weighted by Crippen LogP contribution is 2.34. The van der Waals surface area contributed by atoms with Crippen LogP contribution in [-0.4, -0.2) is 42.8 Å². The van der Waals surface area contributed by atoms with Gasteiger partial charge in [0, 0.05) is 7.11 Å². The molecule has 1 heterocycles. The van der Waals surface area contributed by atoms with Crippen molar-refractivity contribution in [2.24, 2.45) is 0 Å². The third-order valence-corrected chi connectivity index (χ3v) is 3.66. The van der Waals surface area contributed by atoms with E-state index in [1.54, 1.807) is 7.11 Å². The lowest BCUT2D eigenvalue weighted by Gasteiger charge is -2.25. The Morgan fingerprint density at radius 2 is 2.20 bits per heavy atom. The smallest absolute Gasteiger partial charge is 0.244 e. The zero-order chi connectivity index (χ0) is 10.9. The van der Waals surface area contributed by atoms with Crippen molar-refractivity contribution in [1.29, 1.82) is 0 Å². The minimum Gasteiger partial charge on any atom is -0.383 e. The molecule has 0 radical (unpaired) electrons. The minimum atomic E-state index is -0.220. The fourth-order valence-corrected chi connectivity index (χ4v) is 2.72. The second-order valence-corrected chi connectivity index (χ2v) is 4.70. The first-order chi connectivity index (χ1) is 7.19. The number of nitrogens with zero attached hydrogens (tertiary/aromatic N) is 1. The topological polar surface area (TPSA) is 41.6 Å². The summed E-state index contributed by atoms with van der Waals surface area (Å²) in [5, 5.41) is 3.39. The van der Waals surface area contributed by atoms with Crippen molar-refractivity contribution in [3.63, 3.8) is 0 Å². The zero-order valence-electron chi connectivity index (χ0n) is 9.58. The molecule has 0 aromatic carbocycles. The van der Waals surface area contributed by atoms with Crippen LogP contribution < -0.4 is 5.32 Å². The Labute approximate surface area is 91.0 Å². The van der Waals surface area contributed by atoms with E-state index in [0.717, 1.165) is 12.8 Å². The molecule has 15 heavy (non-hydrogen) atoms. The van der Waals surface area contributed by atoms with E-state index < -0.39 is 0 Å². The van der Waals surface area contributed by atoms with Gasteiger partial charge < -0.3 is 9.64 Å². The number of hydrogen-bond acceptors (Lipinski definition) is 3. The van der Waals surface area contributed by atoms with E-state index in [9.17, 15) is 4.79 Å².